The molecule has 2 nitrogen and oxygen atoms in total. The van der Waals surface area contributed by atoms with E-state index in [9.17, 15) is 0 Å². The van der Waals surface area contributed by atoms with E-state index >= 15 is 0 Å². The highest BCUT2D eigenvalue weighted by molar-refractivity contribution is 5.23. The predicted molar refractivity (Wildman–Crippen MR) is 32.3 cm³/mol. The van der Waals surface area contributed by atoms with Crippen LogP contribution < -0.4 is 17.0 Å². The summed E-state index contributed by atoms with van der Waals surface area (Å²) < 4.78 is 1.89. The summed E-state index contributed by atoms with van der Waals surface area (Å²) in [6, 6.07) is 5.60. The molecule has 0 saturated heterocycles. The molecule has 0 bridgehead atoms. The molecular weight excluding hydrogens is 148 g/mol. The average molecular weight is 155 g/mol. The van der Waals surface area contributed by atoms with E-state index in [1.54, 1.807) is 12.1 Å². The van der Waals surface area contributed by atoms with Gasteiger partial charge < -0.3 is 12.4 Å². The van der Waals surface area contributed by atoms with Crippen molar-refractivity contribution in [1.82, 2.24) is 0 Å². The first-order valence-corrected chi connectivity index (χ1v) is 2.68. The molecule has 52 valence electrons. The van der Waals surface area contributed by atoms with E-state index in [-0.39, 0.29) is 12.4 Å². The van der Waals surface area contributed by atoms with Gasteiger partial charge in [0.25, 0.3) is 0 Å². The summed E-state index contributed by atoms with van der Waals surface area (Å²) in [7, 11) is 1.92. The van der Waals surface area contributed by atoms with Crippen LogP contribution in [0.2, 0.25) is 0 Å². The highest BCUT2D eigenvalue weighted by Gasteiger charge is 1.90. The molecule has 0 radical (unpaired) electrons. The molecule has 0 spiro atoms. The maximum absolute atomic E-state index is 8.37. The Morgan fingerprint density at radius 3 is 2.30 bits per heavy atom. The summed E-state index contributed by atoms with van der Waals surface area (Å²) in [5.41, 5.74) is 0.702. The molecule has 3 heteroatoms. The molecule has 0 saturated carbocycles. The first kappa shape index (κ1) is 8.93. The predicted octanol–water partition coefficient (Wildman–Crippen LogP) is -2.61. The maximum atomic E-state index is 8.37. The van der Waals surface area contributed by atoms with E-state index in [1.807, 2.05) is 30.1 Å². The number of hydrogen-bond acceptors (Lipinski definition) is 1. The van der Waals surface area contributed by atoms with E-state index in [0.717, 1.165) is 0 Å². The van der Waals surface area contributed by atoms with Crippen LogP contribution in [0, 0.1) is 11.3 Å². The van der Waals surface area contributed by atoms with Crippen molar-refractivity contribution >= 4 is 0 Å². The van der Waals surface area contributed by atoms with Crippen molar-refractivity contribution in [2.45, 2.75) is 0 Å². The number of aryl methyl sites for hydroxylation is 1. The third kappa shape index (κ3) is 2.04. The van der Waals surface area contributed by atoms with Gasteiger partial charge in [-0.25, -0.2) is 4.57 Å². The average Bonchev–Trinajstić information content (AvgIpc) is 1.90. The number of rotatable bonds is 0. The number of hydrogen-bond donors (Lipinski definition) is 0. The Morgan fingerprint density at radius 1 is 1.40 bits per heavy atom. The van der Waals surface area contributed by atoms with Crippen LogP contribution in [0.15, 0.2) is 24.5 Å². The van der Waals surface area contributed by atoms with E-state index in [0.29, 0.717) is 5.56 Å². The molecule has 0 aliphatic carbocycles. The molecule has 1 aromatic heterocycles. The van der Waals surface area contributed by atoms with Gasteiger partial charge in [0, 0.05) is 12.1 Å². The zero-order valence-corrected chi connectivity index (χ0v) is 6.34. The number of nitrogens with zero attached hydrogens (tertiary/aromatic N) is 2. The topological polar surface area (TPSA) is 27.7 Å². The largest absolute Gasteiger partial charge is 1.00 e. The van der Waals surface area contributed by atoms with Crippen LogP contribution in [0.1, 0.15) is 5.56 Å². The summed E-state index contributed by atoms with van der Waals surface area (Å²) in [5.74, 6) is 0. The fourth-order valence-electron chi connectivity index (χ4n) is 0.576. The van der Waals surface area contributed by atoms with Crippen molar-refractivity contribution in [3.8, 4) is 6.07 Å². The van der Waals surface area contributed by atoms with Crippen LogP contribution in [0.3, 0.4) is 0 Å². The Hall–Kier alpha value is -1.07. The molecule has 0 aromatic carbocycles. The Balaban J connectivity index is 0.000000810. The molecule has 0 unspecified atom stereocenters. The van der Waals surface area contributed by atoms with Crippen LogP contribution in [0.4, 0.5) is 0 Å². The summed E-state index contributed by atoms with van der Waals surface area (Å²) in [4.78, 5) is 0. The molecule has 10 heavy (non-hydrogen) atoms. The first-order chi connectivity index (χ1) is 4.33. The molecule has 0 aliphatic rings. The monoisotopic (exact) mass is 154 g/mol. The van der Waals surface area contributed by atoms with E-state index < -0.39 is 0 Å². The van der Waals surface area contributed by atoms with Crippen molar-refractivity contribution in [2.75, 3.05) is 0 Å². The van der Waals surface area contributed by atoms with Gasteiger partial charge in [-0.2, -0.15) is 5.26 Å². The maximum Gasteiger partial charge on any atom is 0.169 e. The third-order valence-electron chi connectivity index (χ3n) is 1.11. The molecule has 0 fully saturated rings. The molecule has 1 heterocycles. The molecule has 0 amide bonds. The molecule has 1 aromatic rings. The van der Waals surface area contributed by atoms with Gasteiger partial charge in [0.05, 0.1) is 11.6 Å². The van der Waals surface area contributed by atoms with Gasteiger partial charge in [-0.05, 0) is 0 Å². The Morgan fingerprint density at radius 2 is 1.90 bits per heavy atom. The minimum atomic E-state index is 0. The second-order valence-corrected chi connectivity index (χ2v) is 1.86. The van der Waals surface area contributed by atoms with Gasteiger partial charge in [-0.3, -0.25) is 0 Å². The number of pyridine rings is 1. The van der Waals surface area contributed by atoms with Crippen molar-refractivity contribution in [1.29, 1.82) is 5.26 Å². The van der Waals surface area contributed by atoms with Crippen LogP contribution in [-0.2, 0) is 7.05 Å². The second-order valence-electron chi connectivity index (χ2n) is 1.86. The molecular formula is C7H7ClN2. The zero-order chi connectivity index (χ0) is 6.69. The second kappa shape index (κ2) is 3.86. The zero-order valence-electron chi connectivity index (χ0n) is 5.58. The minimum Gasteiger partial charge on any atom is -1.00 e. The number of aromatic nitrogens is 1. The lowest BCUT2D eigenvalue weighted by Gasteiger charge is -1.83. The normalized spacial score (nSPS) is 7.60. The fraction of sp³-hybridized carbons (Fsp3) is 0.143. The van der Waals surface area contributed by atoms with Crippen molar-refractivity contribution in [3.63, 3.8) is 0 Å². The summed E-state index contributed by atoms with van der Waals surface area (Å²) in [6.45, 7) is 0. The molecule has 0 aliphatic heterocycles. The quantitative estimate of drug-likeness (QED) is 0.377. The Kier molecular flexibility index (Phi) is 3.45. The van der Waals surface area contributed by atoms with Gasteiger partial charge in [-0.1, -0.05) is 0 Å². The van der Waals surface area contributed by atoms with Crippen LogP contribution in [0.5, 0.6) is 0 Å². The van der Waals surface area contributed by atoms with E-state index in [2.05, 4.69) is 0 Å². The molecule has 0 N–H and O–H groups in total. The van der Waals surface area contributed by atoms with E-state index in [1.165, 1.54) is 0 Å². The van der Waals surface area contributed by atoms with Crippen LogP contribution in [0.25, 0.3) is 0 Å². The van der Waals surface area contributed by atoms with Gasteiger partial charge in [0.2, 0.25) is 0 Å². The SMILES string of the molecule is C[n+]1ccc(C#N)cc1.[Cl-]. The summed E-state index contributed by atoms with van der Waals surface area (Å²) in [6.07, 6.45) is 3.69. The Bertz CT molecular complexity index is 235. The highest BCUT2D eigenvalue weighted by Crippen LogP contribution is 1.88. The third-order valence-corrected chi connectivity index (χ3v) is 1.11. The van der Waals surface area contributed by atoms with Crippen LogP contribution >= 0.6 is 0 Å². The Labute approximate surface area is 66.1 Å². The van der Waals surface area contributed by atoms with Crippen molar-refractivity contribution in [3.05, 3.63) is 30.1 Å². The van der Waals surface area contributed by atoms with Crippen molar-refractivity contribution in [2.24, 2.45) is 7.05 Å². The standard InChI is InChI=1S/C7H7N2.ClH/c1-9-4-2-7(6-8)3-5-9;/h2-5H,1H3;1H/q+1;/p-1. The lowest BCUT2D eigenvalue weighted by atomic mass is 10.3. The first-order valence-electron chi connectivity index (χ1n) is 2.68. The molecule has 1 rings (SSSR count). The van der Waals surface area contributed by atoms with Gasteiger partial charge in [0.15, 0.2) is 12.4 Å². The van der Waals surface area contributed by atoms with Crippen molar-refractivity contribution < 1.29 is 17.0 Å². The summed E-state index contributed by atoms with van der Waals surface area (Å²) in [5, 5.41) is 8.37. The number of nitriles is 1. The number of halogens is 1. The van der Waals surface area contributed by atoms with Gasteiger partial charge in [0.1, 0.15) is 7.05 Å². The lowest BCUT2D eigenvalue weighted by Crippen LogP contribution is -3.00. The minimum absolute atomic E-state index is 0. The van der Waals surface area contributed by atoms with Crippen LogP contribution in [-0.4, -0.2) is 0 Å². The highest BCUT2D eigenvalue weighted by atomic mass is 35.5. The van der Waals surface area contributed by atoms with E-state index in [4.69, 9.17) is 5.26 Å². The molecule has 0 atom stereocenters. The smallest absolute Gasteiger partial charge is 0.169 e. The lowest BCUT2D eigenvalue weighted by molar-refractivity contribution is -0.671. The summed E-state index contributed by atoms with van der Waals surface area (Å²) >= 11 is 0. The fourth-order valence-corrected chi connectivity index (χ4v) is 0.576. The van der Waals surface area contributed by atoms with Gasteiger partial charge in [-0.15, -0.1) is 0 Å². The van der Waals surface area contributed by atoms with Gasteiger partial charge >= 0.3 is 0 Å².